The quantitative estimate of drug-likeness (QED) is 0.770. The van der Waals surface area contributed by atoms with Crippen LogP contribution in [0.15, 0.2) is 24.3 Å². The Kier molecular flexibility index (Phi) is 3.15. The van der Waals surface area contributed by atoms with E-state index in [9.17, 15) is 4.79 Å². The van der Waals surface area contributed by atoms with Gasteiger partial charge < -0.3 is 9.47 Å². The Bertz CT molecular complexity index is 583. The fourth-order valence-corrected chi connectivity index (χ4v) is 1.81. The number of esters is 1. The molecule has 88 valence electrons. The summed E-state index contributed by atoms with van der Waals surface area (Å²) in [6.45, 7) is 0. The Balaban J connectivity index is 2.74. The highest BCUT2D eigenvalue weighted by atomic mass is 35.5. The maximum Gasteiger partial charge on any atom is 0.356 e. The molecule has 0 unspecified atom stereocenters. The van der Waals surface area contributed by atoms with Gasteiger partial charge in [-0.15, -0.1) is 0 Å². The van der Waals surface area contributed by atoms with Crippen molar-refractivity contribution in [3.05, 3.63) is 35.0 Å². The largest absolute Gasteiger partial charge is 0.494 e. The molecule has 0 saturated carbocycles. The van der Waals surface area contributed by atoms with Crippen molar-refractivity contribution in [1.82, 2.24) is 4.98 Å². The summed E-state index contributed by atoms with van der Waals surface area (Å²) in [5.41, 5.74) is 0.706. The molecule has 0 saturated heterocycles. The lowest BCUT2D eigenvalue weighted by Crippen LogP contribution is -2.04. The zero-order valence-electron chi connectivity index (χ0n) is 9.36. The fourth-order valence-electron chi connectivity index (χ4n) is 1.55. The Labute approximate surface area is 103 Å². The third-order valence-electron chi connectivity index (χ3n) is 2.37. The standard InChI is InChI=1S/C12H10ClNO3/c1-16-10-5-3-4-7-8(13)6-9(12(15)17-2)14-11(7)10/h3-6H,1-2H3. The highest BCUT2D eigenvalue weighted by molar-refractivity contribution is 6.35. The predicted octanol–water partition coefficient (Wildman–Crippen LogP) is 2.68. The summed E-state index contributed by atoms with van der Waals surface area (Å²) in [6, 6.07) is 6.86. The van der Waals surface area contributed by atoms with Gasteiger partial charge in [0.25, 0.3) is 0 Å². The minimum absolute atomic E-state index is 0.162. The third-order valence-corrected chi connectivity index (χ3v) is 2.68. The van der Waals surface area contributed by atoms with Crippen LogP contribution < -0.4 is 4.74 Å². The molecule has 0 aliphatic rings. The van der Waals surface area contributed by atoms with Crippen LogP contribution in [0.1, 0.15) is 10.5 Å². The molecule has 1 aromatic carbocycles. The molecule has 0 radical (unpaired) electrons. The van der Waals surface area contributed by atoms with Gasteiger partial charge in [-0.1, -0.05) is 23.7 Å². The van der Waals surface area contributed by atoms with E-state index in [0.717, 1.165) is 5.39 Å². The van der Waals surface area contributed by atoms with Gasteiger partial charge in [-0.2, -0.15) is 0 Å². The molecule has 0 amide bonds. The van der Waals surface area contributed by atoms with Gasteiger partial charge in [0, 0.05) is 5.39 Å². The van der Waals surface area contributed by atoms with Gasteiger partial charge in [0.1, 0.15) is 11.3 Å². The van der Waals surface area contributed by atoms with E-state index >= 15 is 0 Å². The lowest BCUT2D eigenvalue weighted by Gasteiger charge is -2.07. The van der Waals surface area contributed by atoms with Gasteiger partial charge in [-0.05, 0) is 12.1 Å². The van der Waals surface area contributed by atoms with Crippen molar-refractivity contribution >= 4 is 28.5 Å². The van der Waals surface area contributed by atoms with E-state index in [2.05, 4.69) is 9.72 Å². The number of para-hydroxylation sites is 1. The molecule has 0 spiro atoms. The second-order valence-electron chi connectivity index (χ2n) is 3.34. The Morgan fingerprint density at radius 1 is 1.35 bits per heavy atom. The van der Waals surface area contributed by atoms with Crippen LogP contribution in [0.2, 0.25) is 5.02 Å². The number of hydrogen-bond acceptors (Lipinski definition) is 4. The van der Waals surface area contributed by atoms with Gasteiger partial charge in [-0.25, -0.2) is 9.78 Å². The second-order valence-corrected chi connectivity index (χ2v) is 3.74. The highest BCUT2D eigenvalue weighted by Crippen LogP contribution is 2.29. The summed E-state index contributed by atoms with van der Waals surface area (Å²) in [6.07, 6.45) is 0. The zero-order valence-corrected chi connectivity index (χ0v) is 10.1. The monoisotopic (exact) mass is 251 g/mol. The predicted molar refractivity (Wildman–Crippen MR) is 64.6 cm³/mol. The van der Waals surface area contributed by atoms with E-state index in [0.29, 0.717) is 16.3 Å². The summed E-state index contributed by atoms with van der Waals surface area (Å²) in [5.74, 6) is 0.0369. The van der Waals surface area contributed by atoms with Crippen molar-refractivity contribution in [2.75, 3.05) is 14.2 Å². The number of pyridine rings is 1. The number of rotatable bonds is 2. The van der Waals surface area contributed by atoms with Crippen LogP contribution in [0.5, 0.6) is 5.75 Å². The molecule has 0 aliphatic carbocycles. The maximum absolute atomic E-state index is 11.4. The second kappa shape index (κ2) is 4.59. The Hall–Kier alpha value is -1.81. The van der Waals surface area contributed by atoms with Crippen molar-refractivity contribution in [1.29, 1.82) is 0 Å². The molecule has 0 N–H and O–H groups in total. The van der Waals surface area contributed by atoms with Crippen LogP contribution in [-0.4, -0.2) is 25.2 Å². The Morgan fingerprint density at radius 2 is 2.12 bits per heavy atom. The average Bonchev–Trinajstić information content (AvgIpc) is 2.37. The van der Waals surface area contributed by atoms with Crippen molar-refractivity contribution < 1.29 is 14.3 Å². The molecule has 5 heteroatoms. The normalized spacial score (nSPS) is 10.3. The number of ether oxygens (including phenoxy) is 2. The minimum atomic E-state index is -0.528. The lowest BCUT2D eigenvalue weighted by molar-refractivity contribution is 0.0594. The maximum atomic E-state index is 11.4. The molecule has 1 heterocycles. The van der Waals surface area contributed by atoms with E-state index in [1.54, 1.807) is 6.07 Å². The molecule has 0 aliphatic heterocycles. The van der Waals surface area contributed by atoms with Crippen molar-refractivity contribution in [2.24, 2.45) is 0 Å². The van der Waals surface area contributed by atoms with E-state index in [4.69, 9.17) is 16.3 Å². The zero-order chi connectivity index (χ0) is 12.4. The highest BCUT2D eigenvalue weighted by Gasteiger charge is 2.13. The van der Waals surface area contributed by atoms with E-state index < -0.39 is 5.97 Å². The number of benzene rings is 1. The van der Waals surface area contributed by atoms with Crippen LogP contribution in [0.3, 0.4) is 0 Å². The lowest BCUT2D eigenvalue weighted by atomic mass is 10.2. The summed E-state index contributed by atoms with van der Waals surface area (Å²) >= 11 is 6.09. The third kappa shape index (κ3) is 2.03. The van der Waals surface area contributed by atoms with E-state index in [1.165, 1.54) is 20.3 Å². The van der Waals surface area contributed by atoms with Gasteiger partial charge >= 0.3 is 5.97 Å². The topological polar surface area (TPSA) is 48.4 Å². The van der Waals surface area contributed by atoms with Gasteiger partial charge in [-0.3, -0.25) is 0 Å². The number of halogens is 1. The van der Waals surface area contributed by atoms with E-state index in [1.807, 2.05) is 12.1 Å². The number of hydrogen-bond donors (Lipinski definition) is 0. The summed E-state index contributed by atoms with van der Waals surface area (Å²) in [7, 11) is 2.83. The van der Waals surface area contributed by atoms with Crippen LogP contribution in [-0.2, 0) is 4.74 Å². The average molecular weight is 252 g/mol. The van der Waals surface area contributed by atoms with Crippen LogP contribution in [0.4, 0.5) is 0 Å². The number of carbonyl (C=O) groups is 1. The summed E-state index contributed by atoms with van der Waals surface area (Å²) in [5, 5.41) is 1.17. The van der Waals surface area contributed by atoms with Crippen molar-refractivity contribution in [3.8, 4) is 5.75 Å². The van der Waals surface area contributed by atoms with Crippen LogP contribution >= 0.6 is 11.6 Å². The minimum Gasteiger partial charge on any atom is -0.494 e. The first kappa shape index (κ1) is 11.7. The van der Waals surface area contributed by atoms with Crippen LogP contribution in [0, 0.1) is 0 Å². The fraction of sp³-hybridized carbons (Fsp3) is 0.167. The molecular weight excluding hydrogens is 242 g/mol. The molecule has 0 fully saturated rings. The summed E-state index contributed by atoms with van der Waals surface area (Å²) < 4.78 is 9.79. The number of fused-ring (bicyclic) bond motifs is 1. The van der Waals surface area contributed by atoms with E-state index in [-0.39, 0.29) is 5.69 Å². The van der Waals surface area contributed by atoms with Crippen molar-refractivity contribution in [3.63, 3.8) is 0 Å². The first-order chi connectivity index (χ1) is 8.17. The number of nitrogens with zero attached hydrogens (tertiary/aromatic N) is 1. The van der Waals surface area contributed by atoms with Crippen molar-refractivity contribution in [2.45, 2.75) is 0 Å². The SMILES string of the molecule is COC(=O)c1cc(Cl)c2cccc(OC)c2n1. The number of carbonyl (C=O) groups excluding carboxylic acids is 1. The number of methoxy groups -OCH3 is 2. The molecule has 2 rings (SSSR count). The molecule has 2 aromatic rings. The molecule has 17 heavy (non-hydrogen) atoms. The molecule has 0 bridgehead atoms. The summed E-state index contributed by atoms with van der Waals surface area (Å²) in [4.78, 5) is 15.6. The number of aromatic nitrogens is 1. The molecular formula is C12H10ClNO3. The van der Waals surface area contributed by atoms with Gasteiger partial charge in [0.05, 0.1) is 19.2 Å². The molecule has 0 atom stereocenters. The Morgan fingerprint density at radius 3 is 2.76 bits per heavy atom. The van der Waals surface area contributed by atoms with Gasteiger partial charge in [0.15, 0.2) is 5.69 Å². The first-order valence-electron chi connectivity index (χ1n) is 4.89. The molecule has 1 aromatic heterocycles. The van der Waals surface area contributed by atoms with Gasteiger partial charge in [0.2, 0.25) is 0 Å². The smallest absolute Gasteiger partial charge is 0.356 e. The van der Waals surface area contributed by atoms with Crippen LogP contribution in [0.25, 0.3) is 10.9 Å². The molecule has 4 nitrogen and oxygen atoms in total. The first-order valence-corrected chi connectivity index (χ1v) is 5.26.